The largest absolute Gasteiger partial charge is 0.488 e. The van der Waals surface area contributed by atoms with Crippen molar-refractivity contribution in [2.45, 2.75) is 37.7 Å². The van der Waals surface area contributed by atoms with Crippen LogP contribution in [0.15, 0.2) is 108 Å². The predicted molar refractivity (Wildman–Crippen MR) is 152 cm³/mol. The fourth-order valence-corrected chi connectivity index (χ4v) is 5.28. The Morgan fingerprint density at radius 2 is 1.50 bits per heavy atom. The summed E-state index contributed by atoms with van der Waals surface area (Å²) in [6.07, 6.45) is 6.12. The van der Waals surface area contributed by atoms with Gasteiger partial charge in [-0.05, 0) is 47.6 Å². The first-order valence-electron chi connectivity index (χ1n) is 12.7. The first-order valence-corrected chi connectivity index (χ1v) is 14.1. The van der Waals surface area contributed by atoms with Crippen molar-refractivity contribution >= 4 is 26.6 Å². The number of aryl methyl sites for hydroxylation is 1. The van der Waals surface area contributed by atoms with Crippen LogP contribution in [0, 0.1) is 0 Å². The quantitative estimate of drug-likeness (QED) is 0.213. The van der Waals surface area contributed by atoms with Crippen molar-refractivity contribution in [3.05, 3.63) is 115 Å². The Labute approximate surface area is 223 Å². The number of anilines is 1. The molecule has 1 aromatic heterocycles. The minimum Gasteiger partial charge on any atom is -0.488 e. The van der Waals surface area contributed by atoms with Crippen LogP contribution < -0.4 is 9.46 Å². The molecule has 5 rings (SSSR count). The maximum Gasteiger partial charge on any atom is 0.263 e. The molecule has 0 aliphatic rings. The van der Waals surface area contributed by atoms with Crippen LogP contribution in [-0.4, -0.2) is 18.4 Å². The number of hydrogen-bond acceptors (Lipinski definition) is 5. The Morgan fingerprint density at radius 3 is 2.29 bits per heavy atom. The molecule has 0 aliphatic heterocycles. The first kappa shape index (κ1) is 25.4. The monoisotopic (exact) mass is 523 g/mol. The topological polar surface area (TPSA) is 81.2 Å². The van der Waals surface area contributed by atoms with Crippen molar-refractivity contribution < 1.29 is 13.2 Å². The summed E-state index contributed by atoms with van der Waals surface area (Å²) in [5.74, 6) is 1.01. The summed E-state index contributed by atoms with van der Waals surface area (Å²) in [7, 11) is -3.82. The maximum absolute atomic E-state index is 13.1. The van der Waals surface area contributed by atoms with Crippen molar-refractivity contribution in [1.29, 1.82) is 0 Å². The summed E-state index contributed by atoms with van der Waals surface area (Å²) < 4.78 is 34.9. The Bertz CT molecular complexity index is 1630. The van der Waals surface area contributed by atoms with Crippen molar-refractivity contribution in [1.82, 2.24) is 9.97 Å². The number of sulfonamides is 1. The summed E-state index contributed by atoms with van der Waals surface area (Å²) in [6, 6.07) is 28.8. The lowest BCUT2D eigenvalue weighted by atomic mass is 10.1. The van der Waals surface area contributed by atoms with E-state index < -0.39 is 10.0 Å². The van der Waals surface area contributed by atoms with Gasteiger partial charge in [-0.1, -0.05) is 86.1 Å². The number of nitrogens with zero attached hydrogens (tertiary/aromatic N) is 2. The molecule has 5 aromatic rings. The van der Waals surface area contributed by atoms with Gasteiger partial charge in [-0.25, -0.2) is 13.4 Å². The lowest BCUT2D eigenvalue weighted by Crippen LogP contribution is -2.15. The highest BCUT2D eigenvalue weighted by Crippen LogP contribution is 2.28. The molecule has 0 saturated heterocycles. The van der Waals surface area contributed by atoms with Crippen LogP contribution in [0.3, 0.4) is 0 Å². The number of unbranched alkanes of at least 4 members (excludes halogenated alkanes) is 1. The SMILES string of the molecule is CCCCc1ccc(S(=O)(=O)Nc2nccnc2-c2ccc(COc3cccc4ccccc34)cc2)cc1. The fourth-order valence-electron chi connectivity index (χ4n) is 4.27. The second kappa shape index (κ2) is 11.4. The molecule has 0 radical (unpaired) electrons. The van der Waals surface area contributed by atoms with Crippen molar-refractivity contribution in [3.63, 3.8) is 0 Å². The van der Waals surface area contributed by atoms with E-state index in [-0.39, 0.29) is 10.7 Å². The van der Waals surface area contributed by atoms with E-state index in [2.05, 4.69) is 33.7 Å². The minimum absolute atomic E-state index is 0.183. The number of ether oxygens (including phenoxy) is 1. The van der Waals surface area contributed by atoms with Crippen molar-refractivity contribution in [2.75, 3.05) is 4.72 Å². The van der Waals surface area contributed by atoms with Gasteiger partial charge in [-0.2, -0.15) is 0 Å². The van der Waals surface area contributed by atoms with Gasteiger partial charge in [0.1, 0.15) is 18.1 Å². The van der Waals surface area contributed by atoms with E-state index in [1.165, 1.54) is 6.20 Å². The molecule has 38 heavy (non-hydrogen) atoms. The lowest BCUT2D eigenvalue weighted by Gasteiger charge is -2.12. The number of benzene rings is 4. The highest BCUT2D eigenvalue weighted by atomic mass is 32.2. The van der Waals surface area contributed by atoms with Gasteiger partial charge in [0.05, 0.1) is 4.90 Å². The van der Waals surface area contributed by atoms with Crippen LogP contribution >= 0.6 is 0 Å². The van der Waals surface area contributed by atoms with Crippen LogP contribution in [0.5, 0.6) is 5.75 Å². The minimum atomic E-state index is -3.82. The van der Waals surface area contributed by atoms with E-state index in [0.717, 1.165) is 52.5 Å². The molecule has 0 aliphatic carbocycles. The van der Waals surface area contributed by atoms with Gasteiger partial charge in [0.25, 0.3) is 10.0 Å². The predicted octanol–water partition coefficient (Wildman–Crippen LogP) is 7.02. The van der Waals surface area contributed by atoms with Crippen molar-refractivity contribution in [2.24, 2.45) is 0 Å². The van der Waals surface area contributed by atoms with Gasteiger partial charge in [0, 0.05) is 23.3 Å². The fraction of sp³-hybridized carbons (Fsp3) is 0.161. The van der Waals surface area contributed by atoms with Gasteiger partial charge < -0.3 is 4.74 Å². The molecule has 0 amide bonds. The number of hydrogen-bond donors (Lipinski definition) is 1. The van der Waals surface area contributed by atoms with Crippen LogP contribution in [0.2, 0.25) is 0 Å². The lowest BCUT2D eigenvalue weighted by molar-refractivity contribution is 0.310. The molecule has 192 valence electrons. The van der Waals surface area contributed by atoms with Gasteiger partial charge in [0.15, 0.2) is 5.82 Å². The standard InChI is InChI=1S/C31H29N3O3S/c1-2-3-7-23-14-18-27(19-15-23)38(35,36)34-31-30(32-20-21-33-31)26-16-12-24(13-17-26)22-37-29-11-6-9-25-8-4-5-10-28(25)29/h4-6,8-21H,2-3,7,22H2,1H3,(H,33,34). The third-order valence-electron chi connectivity index (χ3n) is 6.35. The van der Waals surface area contributed by atoms with Gasteiger partial charge in [-0.15, -0.1) is 0 Å². The molecule has 0 unspecified atom stereocenters. The van der Waals surface area contributed by atoms with E-state index in [0.29, 0.717) is 12.3 Å². The maximum atomic E-state index is 13.1. The second-order valence-corrected chi connectivity index (χ2v) is 10.8. The van der Waals surface area contributed by atoms with Crippen LogP contribution in [0.4, 0.5) is 5.82 Å². The van der Waals surface area contributed by atoms with E-state index in [9.17, 15) is 8.42 Å². The third kappa shape index (κ3) is 5.84. The number of rotatable bonds is 10. The molecule has 0 atom stereocenters. The first-order chi connectivity index (χ1) is 18.5. The molecular formula is C31H29N3O3S. The van der Waals surface area contributed by atoms with Crippen LogP contribution in [0.25, 0.3) is 22.0 Å². The Balaban J connectivity index is 1.31. The van der Waals surface area contributed by atoms with E-state index in [1.54, 1.807) is 18.3 Å². The molecule has 4 aromatic carbocycles. The summed E-state index contributed by atoms with van der Waals surface area (Å²) in [5, 5.41) is 2.20. The zero-order valence-electron chi connectivity index (χ0n) is 21.2. The summed E-state index contributed by atoms with van der Waals surface area (Å²) in [6.45, 7) is 2.54. The second-order valence-electron chi connectivity index (χ2n) is 9.07. The molecule has 1 N–H and O–H groups in total. The molecular weight excluding hydrogens is 494 g/mol. The van der Waals surface area contributed by atoms with E-state index >= 15 is 0 Å². The normalized spacial score (nSPS) is 11.4. The average molecular weight is 524 g/mol. The van der Waals surface area contributed by atoms with Gasteiger partial charge in [-0.3, -0.25) is 9.71 Å². The number of nitrogens with one attached hydrogen (secondary N) is 1. The zero-order valence-corrected chi connectivity index (χ0v) is 22.0. The van der Waals surface area contributed by atoms with Gasteiger partial charge >= 0.3 is 0 Å². The van der Waals surface area contributed by atoms with Crippen molar-refractivity contribution in [3.8, 4) is 17.0 Å². The van der Waals surface area contributed by atoms with E-state index in [4.69, 9.17) is 4.74 Å². The highest BCUT2D eigenvalue weighted by molar-refractivity contribution is 7.92. The average Bonchev–Trinajstić information content (AvgIpc) is 2.95. The molecule has 0 fully saturated rings. The van der Waals surface area contributed by atoms with Gasteiger partial charge in [0.2, 0.25) is 0 Å². The molecule has 6 nitrogen and oxygen atoms in total. The summed E-state index contributed by atoms with van der Waals surface area (Å²) in [5.41, 5.74) is 3.31. The van der Waals surface area contributed by atoms with E-state index in [1.807, 2.05) is 66.7 Å². The Kier molecular flexibility index (Phi) is 7.65. The highest BCUT2D eigenvalue weighted by Gasteiger charge is 2.18. The zero-order chi connectivity index (χ0) is 26.4. The summed E-state index contributed by atoms with van der Waals surface area (Å²) >= 11 is 0. The smallest absolute Gasteiger partial charge is 0.263 e. The molecule has 0 saturated carbocycles. The molecule has 1 heterocycles. The number of aromatic nitrogens is 2. The van der Waals surface area contributed by atoms with Crippen LogP contribution in [0.1, 0.15) is 30.9 Å². The molecule has 7 heteroatoms. The van der Waals surface area contributed by atoms with Crippen LogP contribution in [-0.2, 0) is 23.1 Å². The summed E-state index contributed by atoms with van der Waals surface area (Å²) in [4.78, 5) is 8.88. The third-order valence-corrected chi connectivity index (χ3v) is 7.71. The molecule has 0 spiro atoms. The Morgan fingerprint density at radius 1 is 0.789 bits per heavy atom. The Hall–Kier alpha value is -4.23. The number of fused-ring (bicyclic) bond motifs is 1. The molecule has 0 bridgehead atoms.